The third-order valence-electron chi connectivity index (χ3n) is 3.92. The van der Waals surface area contributed by atoms with E-state index in [1.54, 1.807) is 21.9 Å². The molecule has 0 aliphatic carbocycles. The van der Waals surface area contributed by atoms with Gasteiger partial charge >= 0.3 is 5.97 Å². The summed E-state index contributed by atoms with van der Waals surface area (Å²) in [7, 11) is 0. The van der Waals surface area contributed by atoms with Gasteiger partial charge in [0.2, 0.25) is 0 Å². The second-order valence-electron chi connectivity index (χ2n) is 5.61. The van der Waals surface area contributed by atoms with Gasteiger partial charge in [0, 0.05) is 37.1 Å². The van der Waals surface area contributed by atoms with Crippen molar-refractivity contribution in [1.29, 1.82) is 0 Å². The molecule has 1 fully saturated rings. The molecule has 2 aromatic rings. The van der Waals surface area contributed by atoms with Crippen LogP contribution in [0.4, 0.5) is 0 Å². The zero-order chi connectivity index (χ0) is 18.4. The Kier molecular flexibility index (Phi) is 6.19. The summed E-state index contributed by atoms with van der Waals surface area (Å²) >= 11 is 2.92. The van der Waals surface area contributed by atoms with Crippen LogP contribution in [0.3, 0.4) is 0 Å². The topological polar surface area (TPSA) is 66.9 Å². The standard InChI is InChI=1S/C18H18N2O4S2/c21-16(13-24-17(22)6-5-14-3-1-11-25-14)19-7-9-20(10-8-19)18(23)15-4-2-12-26-15/h1-6,11-12H,7-10,13H2/b6-5+. The Labute approximate surface area is 159 Å². The number of hydrogen-bond acceptors (Lipinski definition) is 6. The Bertz CT molecular complexity index is 776. The van der Waals surface area contributed by atoms with Gasteiger partial charge in [0.25, 0.3) is 11.8 Å². The first kappa shape index (κ1) is 18.3. The summed E-state index contributed by atoms with van der Waals surface area (Å²) in [5.74, 6) is -0.790. The van der Waals surface area contributed by atoms with Crippen molar-refractivity contribution in [2.75, 3.05) is 32.8 Å². The minimum Gasteiger partial charge on any atom is -0.452 e. The van der Waals surface area contributed by atoms with Gasteiger partial charge in [-0.1, -0.05) is 12.1 Å². The first-order valence-electron chi connectivity index (χ1n) is 8.12. The molecule has 3 heterocycles. The van der Waals surface area contributed by atoms with Crippen LogP contribution in [0.2, 0.25) is 0 Å². The number of esters is 1. The third-order valence-corrected chi connectivity index (χ3v) is 5.61. The highest BCUT2D eigenvalue weighted by molar-refractivity contribution is 7.12. The highest BCUT2D eigenvalue weighted by Gasteiger charge is 2.25. The molecule has 1 aliphatic heterocycles. The lowest BCUT2D eigenvalue weighted by molar-refractivity contribution is -0.148. The van der Waals surface area contributed by atoms with E-state index in [2.05, 4.69) is 0 Å². The van der Waals surface area contributed by atoms with E-state index in [4.69, 9.17) is 4.74 Å². The molecule has 26 heavy (non-hydrogen) atoms. The number of carbonyl (C=O) groups is 3. The van der Waals surface area contributed by atoms with Gasteiger partial charge in [-0.3, -0.25) is 9.59 Å². The van der Waals surface area contributed by atoms with Gasteiger partial charge in [0.05, 0.1) is 4.88 Å². The molecule has 0 aromatic carbocycles. The Morgan fingerprint density at radius 3 is 2.35 bits per heavy atom. The van der Waals surface area contributed by atoms with Crippen molar-refractivity contribution in [3.05, 3.63) is 50.9 Å². The van der Waals surface area contributed by atoms with E-state index in [1.165, 1.54) is 28.7 Å². The highest BCUT2D eigenvalue weighted by atomic mass is 32.1. The Balaban J connectivity index is 1.41. The highest BCUT2D eigenvalue weighted by Crippen LogP contribution is 2.14. The number of piperazine rings is 1. The Morgan fingerprint density at radius 1 is 1.00 bits per heavy atom. The Morgan fingerprint density at radius 2 is 1.69 bits per heavy atom. The molecule has 136 valence electrons. The van der Waals surface area contributed by atoms with Gasteiger partial charge < -0.3 is 14.5 Å². The van der Waals surface area contributed by atoms with E-state index in [0.717, 1.165) is 4.88 Å². The smallest absolute Gasteiger partial charge is 0.331 e. The average Bonchev–Trinajstić information content (AvgIpc) is 3.37. The summed E-state index contributed by atoms with van der Waals surface area (Å²) in [6.45, 7) is 1.56. The predicted octanol–water partition coefficient (Wildman–Crippen LogP) is 2.35. The van der Waals surface area contributed by atoms with Crippen LogP contribution in [0, 0.1) is 0 Å². The largest absolute Gasteiger partial charge is 0.452 e. The fourth-order valence-corrected chi connectivity index (χ4v) is 3.83. The van der Waals surface area contributed by atoms with E-state index in [0.29, 0.717) is 31.1 Å². The number of rotatable bonds is 5. The molecule has 3 rings (SSSR count). The van der Waals surface area contributed by atoms with Crippen LogP contribution in [-0.2, 0) is 14.3 Å². The molecule has 0 N–H and O–H groups in total. The first-order chi connectivity index (χ1) is 12.6. The summed E-state index contributed by atoms with van der Waals surface area (Å²) in [5, 5.41) is 3.78. The number of nitrogens with zero attached hydrogens (tertiary/aromatic N) is 2. The molecular weight excluding hydrogens is 372 g/mol. The summed E-state index contributed by atoms with van der Waals surface area (Å²) < 4.78 is 5.00. The molecule has 2 amide bonds. The normalized spacial score (nSPS) is 14.6. The molecule has 0 radical (unpaired) electrons. The first-order valence-corrected chi connectivity index (χ1v) is 9.88. The number of amides is 2. The molecule has 1 saturated heterocycles. The van der Waals surface area contributed by atoms with Gasteiger partial charge in [-0.2, -0.15) is 0 Å². The number of thiophene rings is 2. The van der Waals surface area contributed by atoms with Crippen LogP contribution in [-0.4, -0.2) is 60.4 Å². The molecule has 8 heteroatoms. The minimum atomic E-state index is -0.543. The predicted molar refractivity (Wildman–Crippen MR) is 101 cm³/mol. The van der Waals surface area contributed by atoms with Crippen LogP contribution in [0.25, 0.3) is 6.08 Å². The molecule has 2 aromatic heterocycles. The molecule has 0 bridgehead atoms. The molecule has 6 nitrogen and oxygen atoms in total. The van der Waals surface area contributed by atoms with Crippen molar-refractivity contribution in [2.24, 2.45) is 0 Å². The van der Waals surface area contributed by atoms with E-state index in [1.807, 2.05) is 29.0 Å². The summed E-state index contributed by atoms with van der Waals surface area (Å²) in [6, 6.07) is 7.42. The van der Waals surface area contributed by atoms with E-state index >= 15 is 0 Å². The SMILES string of the molecule is O=C(/C=C/c1cccs1)OCC(=O)N1CCN(C(=O)c2cccs2)CC1. The Hall–Kier alpha value is -2.45. The quantitative estimate of drug-likeness (QED) is 0.581. The zero-order valence-corrected chi connectivity index (χ0v) is 15.6. The lowest BCUT2D eigenvalue weighted by atomic mass is 10.3. The van der Waals surface area contributed by atoms with Crippen molar-refractivity contribution in [1.82, 2.24) is 9.80 Å². The maximum absolute atomic E-state index is 12.3. The van der Waals surface area contributed by atoms with Crippen molar-refractivity contribution in [2.45, 2.75) is 0 Å². The maximum atomic E-state index is 12.3. The van der Waals surface area contributed by atoms with Crippen molar-refractivity contribution in [3.63, 3.8) is 0 Å². The fourth-order valence-electron chi connectivity index (χ4n) is 2.52. The van der Waals surface area contributed by atoms with Crippen molar-refractivity contribution in [3.8, 4) is 0 Å². The zero-order valence-electron chi connectivity index (χ0n) is 14.0. The summed E-state index contributed by atoms with van der Waals surface area (Å²) in [5.41, 5.74) is 0. The maximum Gasteiger partial charge on any atom is 0.331 e. The third kappa shape index (κ3) is 4.80. The fraction of sp³-hybridized carbons (Fsp3) is 0.278. The molecule has 0 spiro atoms. The lowest BCUT2D eigenvalue weighted by Crippen LogP contribution is -2.51. The molecule has 0 unspecified atom stereocenters. The molecule has 1 aliphatic rings. The van der Waals surface area contributed by atoms with Crippen LogP contribution < -0.4 is 0 Å². The van der Waals surface area contributed by atoms with Crippen LogP contribution in [0.15, 0.2) is 41.1 Å². The van der Waals surface area contributed by atoms with Gasteiger partial charge in [0.15, 0.2) is 6.61 Å². The number of ether oxygens (including phenoxy) is 1. The second-order valence-corrected chi connectivity index (χ2v) is 7.53. The van der Waals surface area contributed by atoms with Crippen molar-refractivity contribution >= 4 is 46.5 Å². The minimum absolute atomic E-state index is 0.00255. The van der Waals surface area contributed by atoms with Crippen molar-refractivity contribution < 1.29 is 19.1 Å². The van der Waals surface area contributed by atoms with E-state index < -0.39 is 5.97 Å². The van der Waals surface area contributed by atoms with Crippen LogP contribution in [0.1, 0.15) is 14.5 Å². The number of carbonyl (C=O) groups excluding carboxylic acids is 3. The number of hydrogen-bond donors (Lipinski definition) is 0. The lowest BCUT2D eigenvalue weighted by Gasteiger charge is -2.34. The van der Waals surface area contributed by atoms with Gasteiger partial charge in [0.1, 0.15) is 0 Å². The van der Waals surface area contributed by atoms with E-state index in [9.17, 15) is 14.4 Å². The summed E-state index contributed by atoms with van der Waals surface area (Å²) in [6.07, 6.45) is 2.98. The molecule has 0 atom stereocenters. The van der Waals surface area contributed by atoms with Gasteiger partial charge in [-0.15, -0.1) is 22.7 Å². The average molecular weight is 390 g/mol. The van der Waals surface area contributed by atoms with Crippen LogP contribution >= 0.6 is 22.7 Å². The van der Waals surface area contributed by atoms with E-state index in [-0.39, 0.29) is 18.4 Å². The molecular formula is C18H18N2O4S2. The molecule has 0 saturated carbocycles. The van der Waals surface area contributed by atoms with Gasteiger partial charge in [-0.05, 0) is 29.0 Å². The van der Waals surface area contributed by atoms with Crippen LogP contribution in [0.5, 0.6) is 0 Å². The monoisotopic (exact) mass is 390 g/mol. The summed E-state index contributed by atoms with van der Waals surface area (Å²) in [4.78, 5) is 41.1. The van der Waals surface area contributed by atoms with Gasteiger partial charge in [-0.25, -0.2) is 4.79 Å². The second kappa shape index (κ2) is 8.77.